The third-order valence-corrected chi connectivity index (χ3v) is 3.52. The van der Waals surface area contributed by atoms with Crippen LogP contribution in [0.4, 0.5) is 0 Å². The van der Waals surface area contributed by atoms with E-state index in [2.05, 4.69) is 16.0 Å². The summed E-state index contributed by atoms with van der Waals surface area (Å²) < 4.78 is 0. The molecule has 1 amide bonds. The molecule has 5 nitrogen and oxygen atoms in total. The lowest BCUT2D eigenvalue weighted by molar-refractivity contribution is 0.0615. The third-order valence-electron chi connectivity index (χ3n) is 3.31. The highest BCUT2D eigenvalue weighted by Crippen LogP contribution is 2.12. The van der Waals surface area contributed by atoms with E-state index in [1.54, 1.807) is 17.0 Å². The topological polar surface area (TPSA) is 60.2 Å². The molecule has 1 saturated heterocycles. The fourth-order valence-electron chi connectivity index (χ4n) is 2.11. The van der Waals surface area contributed by atoms with Crippen LogP contribution in [0.3, 0.4) is 0 Å². The number of pyridine rings is 1. The molecule has 1 aromatic rings. The molecule has 0 saturated carbocycles. The molecule has 0 radical (unpaired) electrons. The third kappa shape index (κ3) is 3.22. The first-order valence-electron chi connectivity index (χ1n) is 6.16. The van der Waals surface area contributed by atoms with Gasteiger partial charge in [0, 0.05) is 37.9 Å². The van der Waals surface area contributed by atoms with Gasteiger partial charge in [-0.15, -0.1) is 0 Å². The lowest BCUT2D eigenvalue weighted by Gasteiger charge is -2.35. The quantitative estimate of drug-likeness (QED) is 0.768. The minimum Gasteiger partial charge on any atom is -0.336 e. The molecule has 0 aromatic carbocycles. The van der Waals surface area contributed by atoms with Crippen LogP contribution in [0.5, 0.6) is 0 Å². The van der Waals surface area contributed by atoms with Crippen molar-refractivity contribution < 1.29 is 4.79 Å². The molecule has 1 aliphatic heterocycles. The normalized spacial score (nSPS) is 17.8. The van der Waals surface area contributed by atoms with E-state index in [1.165, 1.54) is 6.20 Å². The van der Waals surface area contributed by atoms with Crippen molar-refractivity contribution in [2.75, 3.05) is 26.2 Å². The first kappa shape index (κ1) is 13.8. The Hall–Kier alpha value is -1.64. The van der Waals surface area contributed by atoms with Gasteiger partial charge in [-0.1, -0.05) is 11.6 Å². The fourth-order valence-corrected chi connectivity index (χ4v) is 2.29. The Labute approximate surface area is 117 Å². The highest BCUT2D eigenvalue weighted by Gasteiger charge is 2.24. The second-order valence-electron chi connectivity index (χ2n) is 4.50. The summed E-state index contributed by atoms with van der Waals surface area (Å²) in [6, 6.07) is 5.35. The number of amides is 1. The molecule has 6 heteroatoms. The van der Waals surface area contributed by atoms with Crippen LogP contribution in [0.1, 0.15) is 17.3 Å². The van der Waals surface area contributed by atoms with Gasteiger partial charge in [0.15, 0.2) is 0 Å². The van der Waals surface area contributed by atoms with Gasteiger partial charge in [0.25, 0.3) is 5.91 Å². The van der Waals surface area contributed by atoms with E-state index in [0.29, 0.717) is 23.8 Å². The Morgan fingerprint density at radius 2 is 2.16 bits per heavy atom. The van der Waals surface area contributed by atoms with Crippen molar-refractivity contribution >= 4 is 17.5 Å². The highest BCUT2D eigenvalue weighted by molar-refractivity contribution is 6.29. The SMILES string of the molecule is CC(C#N)N1CCN(C(=O)c2ccnc(Cl)c2)CC1. The average Bonchev–Trinajstić information content (AvgIpc) is 2.46. The molecule has 1 aliphatic rings. The summed E-state index contributed by atoms with van der Waals surface area (Å²) in [5, 5.41) is 9.20. The summed E-state index contributed by atoms with van der Waals surface area (Å²) in [5.74, 6) is -0.0337. The zero-order chi connectivity index (χ0) is 13.8. The predicted octanol–water partition coefficient (Wildman–Crippen LogP) is 1.40. The Kier molecular flexibility index (Phi) is 4.35. The molecule has 0 spiro atoms. The van der Waals surface area contributed by atoms with Gasteiger partial charge in [0.05, 0.1) is 12.1 Å². The molecule has 0 aliphatic carbocycles. The standard InChI is InChI=1S/C13H15ClN4O/c1-10(9-15)17-4-6-18(7-5-17)13(19)11-2-3-16-12(14)8-11/h2-3,8,10H,4-7H2,1H3. The van der Waals surface area contributed by atoms with Gasteiger partial charge in [-0.3, -0.25) is 9.69 Å². The fraction of sp³-hybridized carbons (Fsp3) is 0.462. The first-order valence-corrected chi connectivity index (χ1v) is 6.54. The maximum Gasteiger partial charge on any atom is 0.254 e. The molecule has 2 rings (SSSR count). The molecule has 19 heavy (non-hydrogen) atoms. The maximum atomic E-state index is 12.3. The minimum atomic E-state index is -0.104. The van der Waals surface area contributed by atoms with Crippen molar-refractivity contribution in [2.24, 2.45) is 0 Å². The number of piperazine rings is 1. The van der Waals surface area contributed by atoms with Gasteiger partial charge in [-0.05, 0) is 19.1 Å². The van der Waals surface area contributed by atoms with Gasteiger partial charge >= 0.3 is 0 Å². The summed E-state index contributed by atoms with van der Waals surface area (Å²) in [7, 11) is 0. The lowest BCUT2D eigenvalue weighted by Crippen LogP contribution is -2.51. The van der Waals surface area contributed by atoms with Crippen LogP contribution in [-0.4, -0.2) is 52.9 Å². The average molecular weight is 279 g/mol. The van der Waals surface area contributed by atoms with E-state index in [0.717, 1.165) is 13.1 Å². The van der Waals surface area contributed by atoms with Crippen LogP contribution in [0, 0.1) is 11.3 Å². The van der Waals surface area contributed by atoms with E-state index in [4.69, 9.17) is 16.9 Å². The van der Waals surface area contributed by atoms with Gasteiger partial charge in [0.2, 0.25) is 0 Å². The molecule has 0 N–H and O–H groups in total. The number of carbonyl (C=O) groups is 1. The number of hydrogen-bond donors (Lipinski definition) is 0. The number of aromatic nitrogens is 1. The maximum absolute atomic E-state index is 12.3. The van der Waals surface area contributed by atoms with E-state index < -0.39 is 0 Å². The van der Waals surface area contributed by atoms with Crippen LogP contribution in [0.2, 0.25) is 5.15 Å². The summed E-state index contributed by atoms with van der Waals surface area (Å²) in [6.45, 7) is 4.58. The highest BCUT2D eigenvalue weighted by atomic mass is 35.5. The zero-order valence-electron chi connectivity index (χ0n) is 10.7. The molecule has 2 heterocycles. The van der Waals surface area contributed by atoms with Gasteiger partial charge in [-0.2, -0.15) is 5.26 Å². The van der Waals surface area contributed by atoms with Crippen LogP contribution < -0.4 is 0 Å². The Morgan fingerprint density at radius 1 is 1.47 bits per heavy atom. The second-order valence-corrected chi connectivity index (χ2v) is 4.89. The van der Waals surface area contributed by atoms with E-state index in [1.807, 2.05) is 6.92 Å². The number of nitriles is 1. The monoisotopic (exact) mass is 278 g/mol. The van der Waals surface area contributed by atoms with Crippen molar-refractivity contribution in [3.05, 3.63) is 29.0 Å². The second kappa shape index (κ2) is 6.00. The molecule has 1 atom stereocenters. The van der Waals surface area contributed by atoms with Crippen LogP contribution in [0.15, 0.2) is 18.3 Å². The Bertz CT molecular complexity index is 506. The first-order chi connectivity index (χ1) is 9.11. The molecular weight excluding hydrogens is 264 g/mol. The largest absolute Gasteiger partial charge is 0.336 e. The predicted molar refractivity (Wildman–Crippen MR) is 71.8 cm³/mol. The van der Waals surface area contributed by atoms with Gasteiger partial charge in [-0.25, -0.2) is 4.98 Å². The van der Waals surface area contributed by atoms with Crippen molar-refractivity contribution in [2.45, 2.75) is 13.0 Å². The van der Waals surface area contributed by atoms with Crippen molar-refractivity contribution in [1.29, 1.82) is 5.26 Å². The minimum absolute atomic E-state index is 0.0337. The number of halogens is 1. The van der Waals surface area contributed by atoms with E-state index >= 15 is 0 Å². The van der Waals surface area contributed by atoms with Crippen LogP contribution in [0.25, 0.3) is 0 Å². The van der Waals surface area contributed by atoms with Crippen LogP contribution >= 0.6 is 11.6 Å². The summed E-state index contributed by atoms with van der Waals surface area (Å²) in [4.78, 5) is 20.0. The van der Waals surface area contributed by atoms with Crippen molar-refractivity contribution in [1.82, 2.24) is 14.8 Å². The number of hydrogen-bond acceptors (Lipinski definition) is 4. The van der Waals surface area contributed by atoms with Gasteiger partial charge < -0.3 is 4.90 Å². The molecule has 1 aromatic heterocycles. The number of carbonyl (C=O) groups excluding carboxylic acids is 1. The molecular formula is C13H15ClN4O. The van der Waals surface area contributed by atoms with E-state index in [9.17, 15) is 4.79 Å². The number of rotatable bonds is 2. The van der Waals surface area contributed by atoms with Crippen molar-refractivity contribution in [3.8, 4) is 6.07 Å². The molecule has 1 unspecified atom stereocenters. The zero-order valence-corrected chi connectivity index (χ0v) is 11.5. The molecule has 100 valence electrons. The summed E-state index contributed by atoms with van der Waals surface area (Å²) in [6.07, 6.45) is 1.53. The van der Waals surface area contributed by atoms with Crippen molar-refractivity contribution in [3.63, 3.8) is 0 Å². The molecule has 1 fully saturated rings. The summed E-state index contributed by atoms with van der Waals surface area (Å²) in [5.41, 5.74) is 0.557. The number of nitrogens with zero attached hydrogens (tertiary/aromatic N) is 4. The molecule has 0 bridgehead atoms. The summed E-state index contributed by atoms with van der Waals surface area (Å²) >= 11 is 5.79. The smallest absolute Gasteiger partial charge is 0.254 e. The Balaban J connectivity index is 1.98. The Morgan fingerprint density at radius 3 is 2.74 bits per heavy atom. The lowest BCUT2D eigenvalue weighted by atomic mass is 10.2. The van der Waals surface area contributed by atoms with Gasteiger partial charge in [0.1, 0.15) is 5.15 Å². The van der Waals surface area contributed by atoms with E-state index in [-0.39, 0.29) is 11.9 Å². The van der Waals surface area contributed by atoms with Crippen LogP contribution in [-0.2, 0) is 0 Å².